The lowest BCUT2D eigenvalue weighted by molar-refractivity contribution is -0.110. The van der Waals surface area contributed by atoms with Gasteiger partial charge in [0.2, 0.25) is 11.8 Å². The van der Waals surface area contributed by atoms with Gasteiger partial charge in [0.25, 0.3) is 0 Å². The fourth-order valence-electron chi connectivity index (χ4n) is 3.10. The van der Waals surface area contributed by atoms with Crippen LogP contribution in [-0.4, -0.2) is 83.8 Å². The van der Waals surface area contributed by atoms with Gasteiger partial charge in [0.1, 0.15) is 18.4 Å². The Morgan fingerprint density at radius 3 is 2.53 bits per heavy atom. The minimum atomic E-state index is -4.62. The summed E-state index contributed by atoms with van der Waals surface area (Å²) in [5.74, 6) is -0.0307. The van der Waals surface area contributed by atoms with Gasteiger partial charge < -0.3 is 35.4 Å². The summed E-state index contributed by atoms with van der Waals surface area (Å²) in [5, 5.41) is 28.0. The third kappa shape index (κ3) is 5.82. The number of halogens is 1. The van der Waals surface area contributed by atoms with E-state index in [0.717, 1.165) is 6.92 Å². The van der Waals surface area contributed by atoms with Crippen LogP contribution in [0.15, 0.2) is 6.33 Å². The second kappa shape index (κ2) is 11.2. The summed E-state index contributed by atoms with van der Waals surface area (Å²) >= 11 is 0. The minimum Gasteiger partial charge on any atom is -0.479 e. The second-order valence-corrected chi connectivity index (χ2v) is 10.2. The van der Waals surface area contributed by atoms with E-state index in [0.29, 0.717) is 0 Å². The van der Waals surface area contributed by atoms with Crippen LogP contribution in [0.5, 0.6) is 5.88 Å². The Hall–Kier alpha value is -1.93. The highest BCUT2D eigenvalue weighted by atomic mass is 31.2. The number of hydrogen-bond donors (Lipinski definition) is 5. The van der Waals surface area contributed by atoms with E-state index >= 15 is 0 Å². The van der Waals surface area contributed by atoms with Crippen molar-refractivity contribution in [1.82, 2.24) is 19.5 Å². The average Bonchev–Trinajstić information content (AvgIpc) is 3.23. The van der Waals surface area contributed by atoms with Gasteiger partial charge in [-0.1, -0.05) is 13.8 Å². The highest BCUT2D eigenvalue weighted by molar-refractivity contribution is 7.54. The summed E-state index contributed by atoms with van der Waals surface area (Å²) in [5.41, 5.74) is 4.37. The highest BCUT2D eigenvalue weighted by Gasteiger charge is 2.48. The van der Waals surface area contributed by atoms with E-state index in [9.17, 15) is 29.2 Å². The standard InChI is InChI=1S/C19H33FN5O8P/c1-5-18(3,28)34(29,30)33-19(6-2,10-20)7-8-32-16(12(27)9-26)25-11-22-13-14(25)23-17(21)24-15(13)31-4/h11-12,16,26-28H,5-10H2,1-4H3,(H,29,30)(H2,21,23,24)/t12-,16-,18?,19?/m1/s1. The van der Waals surface area contributed by atoms with Crippen LogP contribution in [0.4, 0.5) is 10.3 Å². The number of methoxy groups -OCH3 is 1. The molecule has 34 heavy (non-hydrogen) atoms. The van der Waals surface area contributed by atoms with Gasteiger partial charge in [0.05, 0.1) is 26.7 Å². The van der Waals surface area contributed by atoms with Gasteiger partial charge in [-0.2, -0.15) is 9.97 Å². The fourth-order valence-corrected chi connectivity index (χ4v) is 4.49. The van der Waals surface area contributed by atoms with Crippen LogP contribution in [0, 0.1) is 0 Å². The molecule has 0 saturated carbocycles. The molecule has 2 aromatic rings. The van der Waals surface area contributed by atoms with Crippen molar-refractivity contribution in [2.24, 2.45) is 0 Å². The molecule has 194 valence electrons. The number of hydrogen-bond acceptors (Lipinski definition) is 11. The molecule has 0 spiro atoms. The van der Waals surface area contributed by atoms with Crippen LogP contribution in [0.2, 0.25) is 0 Å². The van der Waals surface area contributed by atoms with E-state index in [1.54, 1.807) is 6.92 Å². The van der Waals surface area contributed by atoms with E-state index in [1.807, 2.05) is 0 Å². The summed E-state index contributed by atoms with van der Waals surface area (Å²) < 4.78 is 44.1. The molecule has 0 amide bonds. The van der Waals surface area contributed by atoms with Crippen molar-refractivity contribution < 1.29 is 43.2 Å². The number of anilines is 1. The molecule has 0 radical (unpaired) electrons. The molecule has 15 heteroatoms. The van der Waals surface area contributed by atoms with Crippen molar-refractivity contribution in [3.8, 4) is 5.88 Å². The summed E-state index contributed by atoms with van der Waals surface area (Å²) in [4.78, 5) is 22.4. The number of aliphatic hydroxyl groups excluding tert-OH is 2. The molecule has 6 N–H and O–H groups in total. The molecule has 5 atom stereocenters. The minimum absolute atomic E-state index is 0.000607. The lowest BCUT2D eigenvalue weighted by Gasteiger charge is -2.37. The lowest BCUT2D eigenvalue weighted by atomic mass is 9.99. The first-order valence-corrected chi connectivity index (χ1v) is 12.2. The maximum Gasteiger partial charge on any atom is 0.359 e. The molecule has 0 fully saturated rings. The maximum atomic E-state index is 14.1. The SMILES string of the molecule is CCC(CF)(CCO[C@H]([C@H](O)CO)n1cnc2c(OC)nc(N)nc21)OP(=O)(O)C(C)(O)CC. The second-order valence-electron chi connectivity index (χ2n) is 8.03. The number of aromatic nitrogens is 4. The largest absolute Gasteiger partial charge is 0.479 e. The third-order valence-electron chi connectivity index (χ3n) is 5.72. The van der Waals surface area contributed by atoms with E-state index < -0.39 is 44.2 Å². The number of ether oxygens (including phenoxy) is 2. The molecule has 2 rings (SSSR count). The molecule has 0 aromatic carbocycles. The topological polar surface area (TPSA) is 195 Å². The first-order valence-electron chi connectivity index (χ1n) is 10.7. The van der Waals surface area contributed by atoms with Gasteiger partial charge in [-0.25, -0.2) is 9.37 Å². The van der Waals surface area contributed by atoms with Gasteiger partial charge >= 0.3 is 7.60 Å². The van der Waals surface area contributed by atoms with E-state index in [1.165, 1.54) is 24.9 Å². The number of nitrogens with zero attached hydrogens (tertiary/aromatic N) is 4. The van der Waals surface area contributed by atoms with Crippen LogP contribution in [-0.2, 0) is 13.8 Å². The van der Waals surface area contributed by atoms with Crippen LogP contribution >= 0.6 is 7.60 Å². The van der Waals surface area contributed by atoms with Crippen molar-refractivity contribution in [2.75, 3.05) is 32.7 Å². The number of imidazole rings is 1. The fraction of sp³-hybridized carbons (Fsp3) is 0.737. The van der Waals surface area contributed by atoms with E-state index in [4.69, 9.17) is 19.7 Å². The number of fused-ring (bicyclic) bond motifs is 1. The van der Waals surface area contributed by atoms with E-state index in [2.05, 4.69) is 15.0 Å². The predicted octanol–water partition coefficient (Wildman–Crippen LogP) is 1.11. The number of alkyl halides is 1. The van der Waals surface area contributed by atoms with Crippen molar-refractivity contribution >= 4 is 24.7 Å². The molecule has 2 heterocycles. The highest BCUT2D eigenvalue weighted by Crippen LogP contribution is 2.58. The number of nitrogen functional groups attached to an aromatic ring is 1. The zero-order valence-corrected chi connectivity index (χ0v) is 20.5. The molecule has 0 aliphatic heterocycles. The van der Waals surface area contributed by atoms with Crippen molar-refractivity contribution in [1.29, 1.82) is 0 Å². The van der Waals surface area contributed by atoms with Gasteiger partial charge in [0, 0.05) is 6.42 Å². The van der Waals surface area contributed by atoms with Gasteiger partial charge in [-0.15, -0.1) is 0 Å². The smallest absolute Gasteiger partial charge is 0.359 e. The molecule has 0 aliphatic rings. The Morgan fingerprint density at radius 1 is 1.32 bits per heavy atom. The van der Waals surface area contributed by atoms with Crippen LogP contribution in [0.3, 0.4) is 0 Å². The molecule has 13 nitrogen and oxygen atoms in total. The van der Waals surface area contributed by atoms with Crippen molar-refractivity contribution in [3.05, 3.63) is 6.33 Å². The molecule has 0 bridgehead atoms. The number of aliphatic hydroxyl groups is 3. The zero-order valence-electron chi connectivity index (χ0n) is 19.6. The molecule has 2 aromatic heterocycles. The molecular weight excluding hydrogens is 476 g/mol. The predicted molar refractivity (Wildman–Crippen MR) is 120 cm³/mol. The number of rotatable bonds is 14. The third-order valence-corrected chi connectivity index (χ3v) is 7.89. The van der Waals surface area contributed by atoms with Crippen LogP contribution in [0.1, 0.15) is 46.3 Å². The molecule has 3 unspecified atom stereocenters. The molecule has 0 saturated heterocycles. The summed E-state index contributed by atoms with van der Waals surface area (Å²) in [6.07, 6.45) is -1.68. The van der Waals surface area contributed by atoms with Crippen molar-refractivity contribution in [3.63, 3.8) is 0 Å². The summed E-state index contributed by atoms with van der Waals surface area (Å²) in [7, 11) is -3.25. The van der Waals surface area contributed by atoms with Gasteiger partial charge in [-0.3, -0.25) is 13.7 Å². The maximum absolute atomic E-state index is 14.1. The Morgan fingerprint density at radius 2 is 2.00 bits per heavy atom. The van der Waals surface area contributed by atoms with Crippen LogP contribution in [0.25, 0.3) is 11.2 Å². The normalized spacial score (nSPS) is 19.2. The monoisotopic (exact) mass is 509 g/mol. The molecule has 0 aliphatic carbocycles. The first kappa shape index (κ1) is 28.3. The average molecular weight is 509 g/mol. The first-order chi connectivity index (χ1) is 15.9. The summed E-state index contributed by atoms with van der Waals surface area (Å²) in [6, 6.07) is 0. The number of nitrogens with two attached hydrogens (primary N) is 1. The Labute approximate surface area is 196 Å². The lowest BCUT2D eigenvalue weighted by Crippen LogP contribution is -2.39. The van der Waals surface area contributed by atoms with Gasteiger partial charge in [-0.05, 0) is 19.8 Å². The van der Waals surface area contributed by atoms with E-state index in [-0.39, 0.29) is 48.9 Å². The van der Waals surface area contributed by atoms with Crippen molar-refractivity contribution in [2.45, 2.75) is 63.3 Å². The van der Waals surface area contributed by atoms with Gasteiger partial charge in [0.15, 0.2) is 22.7 Å². The zero-order chi connectivity index (χ0) is 25.7. The summed E-state index contributed by atoms with van der Waals surface area (Å²) in [6.45, 7) is 2.13. The quantitative estimate of drug-likeness (QED) is 0.228. The van der Waals surface area contributed by atoms with Crippen LogP contribution < -0.4 is 10.5 Å². The Balaban J connectivity index is 2.29. The Bertz CT molecular complexity index is 1000. The molecular formula is C19H33FN5O8P. The Kier molecular flexibility index (Phi) is 9.33.